The molecular formula is C22H23N5O3S. The van der Waals surface area contributed by atoms with Gasteiger partial charge in [0.05, 0.1) is 10.6 Å². The van der Waals surface area contributed by atoms with Gasteiger partial charge in [-0.25, -0.2) is 13.6 Å². The first kappa shape index (κ1) is 21.0. The molecule has 2 aromatic carbocycles. The van der Waals surface area contributed by atoms with Gasteiger partial charge in [-0.15, -0.1) is 10.2 Å². The van der Waals surface area contributed by atoms with Gasteiger partial charge in [0.15, 0.2) is 5.82 Å². The number of nitrogens with zero attached hydrogens (tertiary/aromatic N) is 3. The molecule has 0 saturated carbocycles. The third-order valence-electron chi connectivity index (χ3n) is 5.36. The van der Waals surface area contributed by atoms with Gasteiger partial charge in [0.2, 0.25) is 15.9 Å². The van der Waals surface area contributed by atoms with E-state index in [9.17, 15) is 13.2 Å². The Kier molecular flexibility index (Phi) is 5.97. The second-order valence-corrected chi connectivity index (χ2v) is 9.02. The minimum absolute atomic E-state index is 0.0122. The zero-order chi connectivity index (χ0) is 21.8. The first-order chi connectivity index (χ1) is 14.9. The lowest BCUT2D eigenvalue weighted by Crippen LogP contribution is -2.38. The molecule has 1 aliphatic rings. The van der Waals surface area contributed by atoms with Crippen molar-refractivity contribution < 1.29 is 13.2 Å². The molecule has 160 valence electrons. The molecule has 2 heterocycles. The van der Waals surface area contributed by atoms with Gasteiger partial charge in [-0.2, -0.15) is 0 Å². The molecule has 0 bridgehead atoms. The van der Waals surface area contributed by atoms with E-state index in [2.05, 4.69) is 20.4 Å². The number of hydrogen-bond donors (Lipinski definition) is 2. The summed E-state index contributed by atoms with van der Waals surface area (Å²) in [6, 6.07) is 19.6. The van der Waals surface area contributed by atoms with Crippen molar-refractivity contribution in [3.63, 3.8) is 0 Å². The van der Waals surface area contributed by atoms with Gasteiger partial charge in [0.25, 0.3) is 0 Å². The Labute approximate surface area is 181 Å². The fraction of sp³-hybridized carbons (Fsp3) is 0.227. The molecule has 1 amide bonds. The quantitative estimate of drug-likeness (QED) is 0.633. The van der Waals surface area contributed by atoms with E-state index >= 15 is 0 Å². The fourth-order valence-electron chi connectivity index (χ4n) is 3.60. The third kappa shape index (κ3) is 5.07. The summed E-state index contributed by atoms with van der Waals surface area (Å²) >= 11 is 0. The second kappa shape index (κ2) is 8.83. The molecule has 9 heteroatoms. The van der Waals surface area contributed by atoms with E-state index in [1.54, 1.807) is 0 Å². The van der Waals surface area contributed by atoms with E-state index in [1.165, 1.54) is 24.3 Å². The SMILES string of the molecule is NS(=O)(=O)c1ccc(NC(=O)C2CCN(c3ccc(-c4ccccc4)nn3)CC2)cc1. The third-order valence-corrected chi connectivity index (χ3v) is 6.29. The van der Waals surface area contributed by atoms with E-state index in [0.717, 1.165) is 17.1 Å². The Morgan fingerprint density at radius 3 is 2.19 bits per heavy atom. The smallest absolute Gasteiger partial charge is 0.238 e. The van der Waals surface area contributed by atoms with Crippen LogP contribution in [0.15, 0.2) is 71.6 Å². The molecule has 0 unspecified atom stereocenters. The largest absolute Gasteiger partial charge is 0.355 e. The highest BCUT2D eigenvalue weighted by atomic mass is 32.2. The number of carbonyl (C=O) groups is 1. The van der Waals surface area contributed by atoms with Crippen molar-refractivity contribution in [1.29, 1.82) is 0 Å². The van der Waals surface area contributed by atoms with Gasteiger partial charge >= 0.3 is 0 Å². The Bertz CT molecular complexity index is 1140. The summed E-state index contributed by atoms with van der Waals surface area (Å²) in [4.78, 5) is 14.7. The van der Waals surface area contributed by atoms with Crippen LogP contribution in [0.2, 0.25) is 0 Å². The number of carbonyl (C=O) groups excluding carboxylic acids is 1. The average Bonchev–Trinajstić information content (AvgIpc) is 2.80. The zero-order valence-electron chi connectivity index (χ0n) is 16.8. The van der Waals surface area contributed by atoms with Gasteiger partial charge in [-0.1, -0.05) is 30.3 Å². The van der Waals surface area contributed by atoms with Crippen molar-refractivity contribution in [3.8, 4) is 11.3 Å². The fourth-order valence-corrected chi connectivity index (χ4v) is 4.12. The molecular weight excluding hydrogens is 414 g/mol. The first-order valence-electron chi connectivity index (χ1n) is 9.98. The highest BCUT2D eigenvalue weighted by Gasteiger charge is 2.26. The van der Waals surface area contributed by atoms with Crippen molar-refractivity contribution in [2.45, 2.75) is 17.7 Å². The summed E-state index contributed by atoms with van der Waals surface area (Å²) in [5.41, 5.74) is 2.39. The van der Waals surface area contributed by atoms with Crippen LogP contribution in [-0.4, -0.2) is 37.6 Å². The van der Waals surface area contributed by atoms with Crippen LogP contribution in [0.3, 0.4) is 0 Å². The topological polar surface area (TPSA) is 118 Å². The summed E-state index contributed by atoms with van der Waals surface area (Å²) in [6.07, 6.45) is 1.40. The summed E-state index contributed by atoms with van der Waals surface area (Å²) in [5.74, 6) is 0.608. The predicted molar refractivity (Wildman–Crippen MR) is 119 cm³/mol. The van der Waals surface area contributed by atoms with Crippen LogP contribution in [-0.2, 0) is 14.8 Å². The highest BCUT2D eigenvalue weighted by molar-refractivity contribution is 7.89. The van der Waals surface area contributed by atoms with Crippen molar-refractivity contribution in [3.05, 3.63) is 66.7 Å². The summed E-state index contributed by atoms with van der Waals surface area (Å²) < 4.78 is 22.7. The number of amides is 1. The van der Waals surface area contributed by atoms with Gasteiger partial charge in [-0.05, 0) is 49.2 Å². The van der Waals surface area contributed by atoms with Gasteiger partial charge in [0, 0.05) is 30.3 Å². The lowest BCUT2D eigenvalue weighted by molar-refractivity contribution is -0.120. The molecule has 1 fully saturated rings. The van der Waals surface area contributed by atoms with Gasteiger partial charge in [0.1, 0.15) is 0 Å². The summed E-state index contributed by atoms with van der Waals surface area (Å²) in [6.45, 7) is 1.42. The Morgan fingerprint density at radius 1 is 0.935 bits per heavy atom. The summed E-state index contributed by atoms with van der Waals surface area (Å²) in [7, 11) is -3.75. The number of nitrogens with one attached hydrogen (secondary N) is 1. The number of anilines is 2. The first-order valence-corrected chi connectivity index (χ1v) is 11.5. The van der Waals surface area contributed by atoms with Crippen molar-refractivity contribution in [2.24, 2.45) is 11.1 Å². The normalized spacial score (nSPS) is 14.9. The number of primary sulfonamides is 1. The van der Waals surface area contributed by atoms with E-state index in [4.69, 9.17) is 5.14 Å². The van der Waals surface area contributed by atoms with Crippen LogP contribution in [0.1, 0.15) is 12.8 Å². The van der Waals surface area contributed by atoms with E-state index in [1.807, 2.05) is 42.5 Å². The number of benzene rings is 2. The molecule has 1 aromatic heterocycles. The number of rotatable bonds is 5. The van der Waals surface area contributed by atoms with Crippen LogP contribution in [0, 0.1) is 5.92 Å². The molecule has 0 spiro atoms. The van der Waals surface area contributed by atoms with Crippen LogP contribution in [0.4, 0.5) is 11.5 Å². The molecule has 1 saturated heterocycles. The second-order valence-electron chi connectivity index (χ2n) is 7.46. The van der Waals surface area contributed by atoms with Crippen molar-refractivity contribution >= 4 is 27.4 Å². The maximum Gasteiger partial charge on any atom is 0.238 e. The minimum atomic E-state index is -3.75. The minimum Gasteiger partial charge on any atom is -0.355 e. The van der Waals surface area contributed by atoms with E-state index < -0.39 is 10.0 Å². The number of piperidine rings is 1. The maximum atomic E-state index is 12.6. The average molecular weight is 438 g/mol. The number of hydrogen-bond acceptors (Lipinski definition) is 6. The molecule has 31 heavy (non-hydrogen) atoms. The van der Waals surface area contributed by atoms with E-state index in [-0.39, 0.29) is 16.7 Å². The Morgan fingerprint density at radius 2 is 1.61 bits per heavy atom. The predicted octanol–water partition coefficient (Wildman–Crippen LogP) is 2.65. The summed E-state index contributed by atoms with van der Waals surface area (Å²) in [5, 5.41) is 16.6. The monoisotopic (exact) mass is 437 g/mol. The highest BCUT2D eigenvalue weighted by Crippen LogP contribution is 2.24. The van der Waals surface area contributed by atoms with Crippen LogP contribution in [0.25, 0.3) is 11.3 Å². The van der Waals surface area contributed by atoms with E-state index in [0.29, 0.717) is 31.6 Å². The van der Waals surface area contributed by atoms with Crippen LogP contribution in [0.5, 0.6) is 0 Å². The van der Waals surface area contributed by atoms with Crippen LogP contribution < -0.4 is 15.4 Å². The molecule has 3 aromatic rings. The number of nitrogens with two attached hydrogens (primary N) is 1. The molecule has 0 radical (unpaired) electrons. The molecule has 0 aliphatic carbocycles. The maximum absolute atomic E-state index is 12.6. The Balaban J connectivity index is 1.32. The van der Waals surface area contributed by atoms with Gasteiger partial charge in [-0.3, -0.25) is 4.79 Å². The van der Waals surface area contributed by atoms with Crippen molar-refractivity contribution in [1.82, 2.24) is 10.2 Å². The van der Waals surface area contributed by atoms with Gasteiger partial charge < -0.3 is 10.2 Å². The number of aromatic nitrogens is 2. The molecule has 1 aliphatic heterocycles. The molecule has 3 N–H and O–H groups in total. The molecule has 4 rings (SSSR count). The zero-order valence-corrected chi connectivity index (χ0v) is 17.6. The lowest BCUT2D eigenvalue weighted by Gasteiger charge is -2.31. The van der Waals surface area contributed by atoms with Crippen molar-refractivity contribution in [2.75, 3.05) is 23.3 Å². The lowest BCUT2D eigenvalue weighted by atomic mass is 9.96. The molecule has 8 nitrogen and oxygen atoms in total. The Hall–Kier alpha value is -3.30. The van der Waals surface area contributed by atoms with Crippen LogP contribution >= 0.6 is 0 Å². The molecule has 0 atom stereocenters. The number of sulfonamides is 1. The standard InChI is InChI=1S/C22H23N5O3S/c23-31(29,30)19-8-6-18(7-9-19)24-22(28)17-12-14-27(15-13-17)21-11-10-20(25-26-21)16-4-2-1-3-5-16/h1-11,17H,12-15H2,(H,24,28)(H2,23,29,30).